The van der Waals surface area contributed by atoms with Crippen molar-refractivity contribution in [1.29, 1.82) is 0 Å². The maximum absolute atomic E-state index is 5.65. The maximum atomic E-state index is 5.65. The lowest BCUT2D eigenvalue weighted by Crippen LogP contribution is -2.11. The Bertz CT molecular complexity index is 356. The second-order valence-corrected chi connectivity index (χ2v) is 4.38. The standard InChI is InChI=1S/C15H20O2/c1-2-3-9-16-15-11-14(12-17-15)10-13-7-5-4-6-8-13/h4-8,10,15H,2-3,9,11-12H2,1H3/b14-10-. The van der Waals surface area contributed by atoms with Crippen LogP contribution < -0.4 is 0 Å². The van der Waals surface area contributed by atoms with Crippen LogP contribution in [-0.2, 0) is 9.47 Å². The van der Waals surface area contributed by atoms with Crippen LogP contribution in [0.4, 0.5) is 0 Å². The highest BCUT2D eigenvalue weighted by Gasteiger charge is 2.19. The topological polar surface area (TPSA) is 18.5 Å². The van der Waals surface area contributed by atoms with Crippen LogP contribution in [0.3, 0.4) is 0 Å². The fraction of sp³-hybridized carbons (Fsp3) is 0.467. The molecule has 1 aromatic rings. The quantitative estimate of drug-likeness (QED) is 0.722. The number of ether oxygens (including phenoxy) is 2. The average molecular weight is 232 g/mol. The van der Waals surface area contributed by atoms with E-state index in [4.69, 9.17) is 9.47 Å². The first-order valence-electron chi connectivity index (χ1n) is 6.36. The van der Waals surface area contributed by atoms with Gasteiger partial charge in [0, 0.05) is 13.0 Å². The van der Waals surface area contributed by atoms with Crippen molar-refractivity contribution in [3.05, 3.63) is 41.5 Å². The van der Waals surface area contributed by atoms with Crippen LogP contribution in [0, 0.1) is 0 Å². The van der Waals surface area contributed by atoms with Crippen molar-refractivity contribution in [2.24, 2.45) is 0 Å². The molecule has 1 unspecified atom stereocenters. The maximum Gasteiger partial charge on any atom is 0.161 e. The molecule has 2 nitrogen and oxygen atoms in total. The third-order valence-electron chi connectivity index (χ3n) is 2.86. The minimum atomic E-state index is -0.0310. The Morgan fingerprint density at radius 2 is 2.18 bits per heavy atom. The van der Waals surface area contributed by atoms with Gasteiger partial charge in [0.2, 0.25) is 0 Å². The summed E-state index contributed by atoms with van der Waals surface area (Å²) >= 11 is 0. The van der Waals surface area contributed by atoms with E-state index in [1.54, 1.807) is 0 Å². The summed E-state index contributed by atoms with van der Waals surface area (Å²) < 4.78 is 11.2. The molecular formula is C15H20O2. The molecule has 1 aliphatic rings. The second kappa shape index (κ2) is 6.58. The predicted octanol–water partition coefficient (Wildman–Crippen LogP) is 3.63. The summed E-state index contributed by atoms with van der Waals surface area (Å²) in [4.78, 5) is 0. The SMILES string of the molecule is CCCCOC1C/C(=C/c2ccccc2)CO1. The summed E-state index contributed by atoms with van der Waals surface area (Å²) in [7, 11) is 0. The van der Waals surface area contributed by atoms with Crippen molar-refractivity contribution in [2.75, 3.05) is 13.2 Å². The molecule has 2 rings (SSSR count). The molecule has 2 heteroatoms. The van der Waals surface area contributed by atoms with Crippen LogP contribution in [0.15, 0.2) is 35.9 Å². The summed E-state index contributed by atoms with van der Waals surface area (Å²) in [5, 5.41) is 0. The van der Waals surface area contributed by atoms with Crippen molar-refractivity contribution >= 4 is 6.08 Å². The molecule has 0 saturated carbocycles. The van der Waals surface area contributed by atoms with E-state index in [1.165, 1.54) is 17.6 Å². The number of rotatable bonds is 5. The normalized spacial score (nSPS) is 22.2. The Balaban J connectivity index is 1.83. The first kappa shape index (κ1) is 12.3. The number of hydrogen-bond acceptors (Lipinski definition) is 2. The molecule has 0 N–H and O–H groups in total. The number of benzene rings is 1. The van der Waals surface area contributed by atoms with Crippen molar-refractivity contribution in [3.8, 4) is 0 Å². The first-order valence-corrected chi connectivity index (χ1v) is 6.36. The highest BCUT2D eigenvalue weighted by Crippen LogP contribution is 2.22. The average Bonchev–Trinajstić information content (AvgIpc) is 2.79. The number of hydrogen-bond donors (Lipinski definition) is 0. The molecule has 0 aliphatic carbocycles. The van der Waals surface area contributed by atoms with Crippen molar-refractivity contribution < 1.29 is 9.47 Å². The van der Waals surface area contributed by atoms with E-state index in [0.29, 0.717) is 6.61 Å². The molecule has 0 bridgehead atoms. The number of unbranched alkanes of at least 4 members (excludes halogenated alkanes) is 1. The lowest BCUT2D eigenvalue weighted by atomic mass is 10.1. The molecular weight excluding hydrogens is 212 g/mol. The lowest BCUT2D eigenvalue weighted by molar-refractivity contribution is -0.111. The molecule has 1 aromatic carbocycles. The Kier molecular flexibility index (Phi) is 4.77. The van der Waals surface area contributed by atoms with Gasteiger partial charge < -0.3 is 9.47 Å². The van der Waals surface area contributed by atoms with Crippen molar-refractivity contribution in [1.82, 2.24) is 0 Å². The Hall–Kier alpha value is -1.12. The largest absolute Gasteiger partial charge is 0.352 e. The molecule has 1 heterocycles. The van der Waals surface area contributed by atoms with Gasteiger partial charge in [0.05, 0.1) is 6.61 Å². The van der Waals surface area contributed by atoms with Gasteiger partial charge in [-0.3, -0.25) is 0 Å². The second-order valence-electron chi connectivity index (χ2n) is 4.38. The summed E-state index contributed by atoms with van der Waals surface area (Å²) in [5.41, 5.74) is 2.55. The zero-order valence-electron chi connectivity index (χ0n) is 10.4. The molecule has 17 heavy (non-hydrogen) atoms. The van der Waals surface area contributed by atoms with E-state index < -0.39 is 0 Å². The van der Waals surface area contributed by atoms with E-state index in [-0.39, 0.29) is 6.29 Å². The third kappa shape index (κ3) is 3.99. The van der Waals surface area contributed by atoms with E-state index in [1.807, 2.05) is 6.07 Å². The smallest absolute Gasteiger partial charge is 0.161 e. The van der Waals surface area contributed by atoms with E-state index in [9.17, 15) is 0 Å². The van der Waals surface area contributed by atoms with Crippen LogP contribution in [0.1, 0.15) is 31.7 Å². The summed E-state index contributed by atoms with van der Waals surface area (Å²) in [6.07, 6.45) is 5.34. The molecule has 0 spiro atoms. The Morgan fingerprint density at radius 1 is 1.35 bits per heavy atom. The molecule has 0 radical (unpaired) electrons. The highest BCUT2D eigenvalue weighted by atomic mass is 16.7. The van der Waals surface area contributed by atoms with Gasteiger partial charge in [0.1, 0.15) is 0 Å². The van der Waals surface area contributed by atoms with Crippen molar-refractivity contribution in [3.63, 3.8) is 0 Å². The summed E-state index contributed by atoms with van der Waals surface area (Å²) in [6, 6.07) is 10.4. The van der Waals surface area contributed by atoms with E-state index >= 15 is 0 Å². The first-order chi connectivity index (χ1) is 8.38. The van der Waals surface area contributed by atoms with Crippen molar-refractivity contribution in [2.45, 2.75) is 32.5 Å². The van der Waals surface area contributed by atoms with Gasteiger partial charge in [-0.25, -0.2) is 0 Å². The van der Waals surface area contributed by atoms with Gasteiger partial charge >= 0.3 is 0 Å². The van der Waals surface area contributed by atoms with Gasteiger partial charge in [-0.2, -0.15) is 0 Å². The van der Waals surface area contributed by atoms with E-state index in [0.717, 1.165) is 19.4 Å². The van der Waals surface area contributed by atoms with Crippen LogP contribution in [0.5, 0.6) is 0 Å². The fourth-order valence-electron chi connectivity index (χ4n) is 1.88. The summed E-state index contributed by atoms with van der Waals surface area (Å²) in [5.74, 6) is 0. The zero-order chi connectivity index (χ0) is 11.9. The Morgan fingerprint density at radius 3 is 2.94 bits per heavy atom. The van der Waals surface area contributed by atoms with Gasteiger partial charge in [0.25, 0.3) is 0 Å². The third-order valence-corrected chi connectivity index (χ3v) is 2.86. The fourth-order valence-corrected chi connectivity index (χ4v) is 1.88. The highest BCUT2D eigenvalue weighted by molar-refractivity contribution is 5.53. The van der Waals surface area contributed by atoms with Gasteiger partial charge in [-0.05, 0) is 17.6 Å². The molecule has 1 atom stereocenters. The summed E-state index contributed by atoms with van der Waals surface area (Å²) in [6.45, 7) is 3.67. The molecule has 1 aliphatic heterocycles. The molecule has 92 valence electrons. The molecule has 0 aromatic heterocycles. The van der Waals surface area contributed by atoms with Gasteiger partial charge in [-0.1, -0.05) is 49.8 Å². The predicted molar refractivity (Wildman–Crippen MR) is 69.6 cm³/mol. The van der Waals surface area contributed by atoms with Crippen LogP contribution in [0.2, 0.25) is 0 Å². The van der Waals surface area contributed by atoms with Gasteiger partial charge in [0.15, 0.2) is 6.29 Å². The van der Waals surface area contributed by atoms with Gasteiger partial charge in [-0.15, -0.1) is 0 Å². The van der Waals surface area contributed by atoms with Crippen LogP contribution >= 0.6 is 0 Å². The molecule has 1 fully saturated rings. The zero-order valence-corrected chi connectivity index (χ0v) is 10.4. The van der Waals surface area contributed by atoms with Crippen LogP contribution in [-0.4, -0.2) is 19.5 Å². The minimum Gasteiger partial charge on any atom is -0.352 e. The Labute approximate surface area is 103 Å². The van der Waals surface area contributed by atoms with Crippen LogP contribution in [0.25, 0.3) is 6.08 Å². The lowest BCUT2D eigenvalue weighted by Gasteiger charge is -2.09. The minimum absolute atomic E-state index is 0.0310. The van der Waals surface area contributed by atoms with E-state index in [2.05, 4.69) is 37.3 Å². The monoisotopic (exact) mass is 232 g/mol. The molecule has 1 saturated heterocycles. The molecule has 0 amide bonds.